The smallest absolute Gasteiger partial charge is 0.317 e. The summed E-state index contributed by atoms with van der Waals surface area (Å²) in [5.74, 6) is -0.872. The number of urea groups is 1. The summed E-state index contributed by atoms with van der Waals surface area (Å²) in [5.41, 5.74) is 1.57. The first-order valence-corrected chi connectivity index (χ1v) is 7.32. The fourth-order valence-corrected chi connectivity index (χ4v) is 2.21. The van der Waals surface area contributed by atoms with Crippen molar-refractivity contribution in [1.29, 1.82) is 0 Å². The zero-order valence-corrected chi connectivity index (χ0v) is 12.9. The predicted molar refractivity (Wildman–Crippen MR) is 82.2 cm³/mol. The van der Waals surface area contributed by atoms with E-state index in [4.69, 9.17) is 5.11 Å². The third-order valence-corrected chi connectivity index (χ3v) is 3.61. The number of nitrogens with one attached hydrogen (secondary N) is 1. The summed E-state index contributed by atoms with van der Waals surface area (Å²) in [7, 11) is 0. The van der Waals surface area contributed by atoms with Crippen LogP contribution in [0, 0.1) is 0 Å². The van der Waals surface area contributed by atoms with Crippen molar-refractivity contribution < 1.29 is 14.7 Å². The SMILES string of the molecule is CCC(C)N(CC)C(=O)NCc1ccccc1CC(=O)O. The van der Waals surface area contributed by atoms with E-state index in [1.54, 1.807) is 17.0 Å². The van der Waals surface area contributed by atoms with Crippen LogP contribution in [0.5, 0.6) is 0 Å². The summed E-state index contributed by atoms with van der Waals surface area (Å²) >= 11 is 0. The maximum absolute atomic E-state index is 12.2. The van der Waals surface area contributed by atoms with Crippen LogP contribution >= 0.6 is 0 Å². The molecule has 116 valence electrons. The van der Waals surface area contributed by atoms with Gasteiger partial charge in [-0.3, -0.25) is 4.79 Å². The lowest BCUT2D eigenvalue weighted by Crippen LogP contribution is -2.44. The highest BCUT2D eigenvalue weighted by Crippen LogP contribution is 2.10. The lowest BCUT2D eigenvalue weighted by Gasteiger charge is -2.27. The lowest BCUT2D eigenvalue weighted by molar-refractivity contribution is -0.136. The van der Waals surface area contributed by atoms with Crippen LogP contribution in [-0.4, -0.2) is 34.6 Å². The fourth-order valence-electron chi connectivity index (χ4n) is 2.21. The van der Waals surface area contributed by atoms with Gasteiger partial charge >= 0.3 is 12.0 Å². The Bertz CT molecular complexity index is 488. The molecule has 0 aliphatic heterocycles. The molecule has 1 atom stereocenters. The van der Waals surface area contributed by atoms with Crippen molar-refractivity contribution in [1.82, 2.24) is 10.2 Å². The van der Waals surface area contributed by atoms with E-state index in [0.29, 0.717) is 13.1 Å². The summed E-state index contributed by atoms with van der Waals surface area (Å²) in [4.78, 5) is 24.8. The van der Waals surface area contributed by atoms with Crippen molar-refractivity contribution in [2.24, 2.45) is 0 Å². The first-order chi connectivity index (χ1) is 9.99. The Labute approximate surface area is 126 Å². The quantitative estimate of drug-likeness (QED) is 0.811. The molecule has 0 aliphatic carbocycles. The van der Waals surface area contributed by atoms with Gasteiger partial charge in [0.15, 0.2) is 0 Å². The van der Waals surface area contributed by atoms with Gasteiger partial charge in [0.1, 0.15) is 0 Å². The van der Waals surface area contributed by atoms with Gasteiger partial charge in [0.2, 0.25) is 0 Å². The topological polar surface area (TPSA) is 69.6 Å². The average molecular weight is 292 g/mol. The number of benzene rings is 1. The van der Waals surface area contributed by atoms with Crippen LogP contribution in [0.3, 0.4) is 0 Å². The molecule has 0 radical (unpaired) electrons. The Kier molecular flexibility index (Phi) is 6.72. The molecule has 1 aromatic rings. The van der Waals surface area contributed by atoms with Crippen molar-refractivity contribution in [3.8, 4) is 0 Å². The maximum atomic E-state index is 12.2. The van der Waals surface area contributed by atoms with Crippen LogP contribution in [0.15, 0.2) is 24.3 Å². The van der Waals surface area contributed by atoms with Gasteiger partial charge in [-0.05, 0) is 31.4 Å². The lowest BCUT2D eigenvalue weighted by atomic mass is 10.0. The zero-order chi connectivity index (χ0) is 15.8. The van der Waals surface area contributed by atoms with E-state index in [1.165, 1.54) is 0 Å². The van der Waals surface area contributed by atoms with Crippen molar-refractivity contribution in [3.05, 3.63) is 35.4 Å². The molecule has 0 saturated carbocycles. The van der Waals surface area contributed by atoms with Gasteiger partial charge in [0, 0.05) is 19.1 Å². The number of carboxylic acid groups (broad SMARTS) is 1. The maximum Gasteiger partial charge on any atom is 0.317 e. The third kappa shape index (κ3) is 5.10. The van der Waals surface area contributed by atoms with Gasteiger partial charge in [-0.1, -0.05) is 31.2 Å². The third-order valence-electron chi connectivity index (χ3n) is 3.61. The first kappa shape index (κ1) is 17.0. The molecule has 0 heterocycles. The van der Waals surface area contributed by atoms with E-state index >= 15 is 0 Å². The summed E-state index contributed by atoms with van der Waals surface area (Å²) in [6.45, 7) is 7.00. The van der Waals surface area contributed by atoms with Gasteiger partial charge in [-0.25, -0.2) is 4.79 Å². The number of carboxylic acids is 1. The van der Waals surface area contributed by atoms with Gasteiger partial charge in [0.25, 0.3) is 0 Å². The Balaban J connectivity index is 2.70. The summed E-state index contributed by atoms with van der Waals surface area (Å²) in [5, 5.41) is 11.8. The normalized spacial score (nSPS) is 11.8. The second-order valence-corrected chi connectivity index (χ2v) is 5.04. The van der Waals surface area contributed by atoms with Gasteiger partial charge in [0.05, 0.1) is 6.42 Å². The Morgan fingerprint density at radius 2 is 1.86 bits per heavy atom. The molecule has 2 amide bonds. The highest BCUT2D eigenvalue weighted by Gasteiger charge is 2.17. The van der Waals surface area contributed by atoms with E-state index in [2.05, 4.69) is 5.32 Å². The number of rotatable bonds is 7. The number of carbonyl (C=O) groups is 2. The summed E-state index contributed by atoms with van der Waals surface area (Å²) < 4.78 is 0. The van der Waals surface area contributed by atoms with Crippen molar-refractivity contribution in [2.75, 3.05) is 6.54 Å². The molecule has 1 rings (SSSR count). The second kappa shape index (κ2) is 8.29. The Morgan fingerprint density at radius 1 is 1.24 bits per heavy atom. The monoisotopic (exact) mass is 292 g/mol. The van der Waals surface area contributed by atoms with E-state index in [-0.39, 0.29) is 18.5 Å². The zero-order valence-electron chi connectivity index (χ0n) is 12.9. The van der Waals surface area contributed by atoms with Crippen LogP contribution in [0.25, 0.3) is 0 Å². The minimum absolute atomic E-state index is 0.0328. The minimum Gasteiger partial charge on any atom is -0.481 e. The number of hydrogen-bond donors (Lipinski definition) is 2. The van der Waals surface area contributed by atoms with Gasteiger partial charge in [-0.15, -0.1) is 0 Å². The average Bonchev–Trinajstić information content (AvgIpc) is 2.46. The van der Waals surface area contributed by atoms with E-state index in [9.17, 15) is 9.59 Å². The fraction of sp³-hybridized carbons (Fsp3) is 0.500. The van der Waals surface area contributed by atoms with E-state index < -0.39 is 5.97 Å². The van der Waals surface area contributed by atoms with Gasteiger partial charge < -0.3 is 15.3 Å². The largest absolute Gasteiger partial charge is 0.481 e. The van der Waals surface area contributed by atoms with Crippen LogP contribution in [0.4, 0.5) is 4.79 Å². The van der Waals surface area contributed by atoms with Crippen LogP contribution in [0.2, 0.25) is 0 Å². The molecule has 1 aromatic carbocycles. The number of aliphatic carboxylic acids is 1. The van der Waals surface area contributed by atoms with Gasteiger partial charge in [-0.2, -0.15) is 0 Å². The Morgan fingerprint density at radius 3 is 2.38 bits per heavy atom. The summed E-state index contributed by atoms with van der Waals surface area (Å²) in [6, 6.07) is 7.35. The summed E-state index contributed by atoms with van der Waals surface area (Å²) in [6.07, 6.45) is 0.867. The molecule has 0 fully saturated rings. The first-order valence-electron chi connectivity index (χ1n) is 7.32. The number of nitrogens with zero attached hydrogens (tertiary/aromatic N) is 1. The van der Waals surface area contributed by atoms with Crippen molar-refractivity contribution in [3.63, 3.8) is 0 Å². The Hall–Kier alpha value is -2.04. The molecule has 0 aliphatic rings. The molecule has 0 aromatic heterocycles. The molecule has 1 unspecified atom stereocenters. The highest BCUT2D eigenvalue weighted by atomic mass is 16.4. The van der Waals surface area contributed by atoms with Crippen LogP contribution in [-0.2, 0) is 17.8 Å². The number of hydrogen-bond acceptors (Lipinski definition) is 2. The molecular weight excluding hydrogens is 268 g/mol. The second-order valence-electron chi connectivity index (χ2n) is 5.04. The molecule has 5 heteroatoms. The standard InChI is InChI=1S/C16H24N2O3/c1-4-12(3)18(5-2)16(21)17-11-14-9-7-6-8-13(14)10-15(19)20/h6-9,12H,4-5,10-11H2,1-3H3,(H,17,21)(H,19,20). The molecule has 5 nitrogen and oxygen atoms in total. The number of carbonyl (C=O) groups excluding carboxylic acids is 1. The predicted octanol–water partition coefficient (Wildman–Crippen LogP) is 2.64. The molecule has 0 spiro atoms. The van der Waals surface area contributed by atoms with Crippen LogP contribution in [0.1, 0.15) is 38.3 Å². The van der Waals surface area contributed by atoms with E-state index in [1.807, 2.05) is 32.9 Å². The van der Waals surface area contributed by atoms with E-state index in [0.717, 1.165) is 17.5 Å². The minimum atomic E-state index is -0.872. The van der Waals surface area contributed by atoms with Crippen molar-refractivity contribution in [2.45, 2.75) is 46.2 Å². The molecule has 0 saturated heterocycles. The molecular formula is C16H24N2O3. The molecule has 2 N–H and O–H groups in total. The number of amides is 2. The molecule has 0 bridgehead atoms. The highest BCUT2D eigenvalue weighted by molar-refractivity contribution is 5.75. The molecule has 21 heavy (non-hydrogen) atoms. The van der Waals surface area contributed by atoms with Crippen LogP contribution < -0.4 is 5.32 Å². The van der Waals surface area contributed by atoms with Crippen molar-refractivity contribution >= 4 is 12.0 Å².